The summed E-state index contributed by atoms with van der Waals surface area (Å²) in [5, 5.41) is 0. The van der Waals surface area contributed by atoms with Crippen LogP contribution in [0.3, 0.4) is 0 Å². The molecule has 2 unspecified atom stereocenters. The van der Waals surface area contributed by atoms with Gasteiger partial charge in [-0.05, 0) is 124 Å². The van der Waals surface area contributed by atoms with Crippen LogP contribution in [0.4, 0.5) is 8.78 Å². The second kappa shape index (κ2) is 13.8. The highest BCUT2D eigenvalue weighted by atomic mass is 19.2. The summed E-state index contributed by atoms with van der Waals surface area (Å²) >= 11 is 0. The van der Waals surface area contributed by atoms with E-state index in [1.807, 2.05) is 0 Å². The number of ether oxygens (including phenoxy) is 1. The highest BCUT2D eigenvalue weighted by molar-refractivity contribution is 5.33. The summed E-state index contributed by atoms with van der Waals surface area (Å²) in [6.07, 6.45) is 26.6. The summed E-state index contributed by atoms with van der Waals surface area (Å²) in [4.78, 5) is 0. The van der Waals surface area contributed by atoms with Crippen molar-refractivity contribution in [2.45, 2.75) is 110 Å². The smallest absolute Gasteiger partial charge is 0.200 e. The van der Waals surface area contributed by atoms with Crippen LogP contribution in [0.1, 0.15) is 115 Å². The molecule has 3 heteroatoms. The maximum atomic E-state index is 14.8. The Balaban J connectivity index is 1.21. The van der Waals surface area contributed by atoms with E-state index in [0.717, 1.165) is 62.2 Å². The van der Waals surface area contributed by atoms with Gasteiger partial charge in [-0.25, -0.2) is 4.39 Å². The quantitative estimate of drug-likeness (QED) is 0.230. The van der Waals surface area contributed by atoms with Crippen molar-refractivity contribution in [2.75, 3.05) is 6.61 Å². The Morgan fingerprint density at radius 1 is 0.778 bits per heavy atom. The van der Waals surface area contributed by atoms with Gasteiger partial charge in [0, 0.05) is 0 Å². The molecule has 0 spiro atoms. The molecular weight excluding hydrogens is 450 g/mol. The van der Waals surface area contributed by atoms with Crippen molar-refractivity contribution < 1.29 is 13.5 Å². The SMILES string of the molecule is CCCCOc1ccc(C2CCC(C3CCC(/C=C/C4C=CC(CCC)CC4)CC3)CC2)c(F)c1F. The van der Waals surface area contributed by atoms with Gasteiger partial charge >= 0.3 is 0 Å². The van der Waals surface area contributed by atoms with Gasteiger partial charge in [-0.2, -0.15) is 4.39 Å². The Labute approximate surface area is 218 Å². The molecule has 3 aliphatic carbocycles. The van der Waals surface area contributed by atoms with E-state index in [0.29, 0.717) is 18.1 Å². The third kappa shape index (κ3) is 7.23. The zero-order chi connectivity index (χ0) is 25.3. The lowest BCUT2D eigenvalue weighted by atomic mass is 9.68. The molecule has 3 aliphatic rings. The molecule has 2 saturated carbocycles. The summed E-state index contributed by atoms with van der Waals surface area (Å²) in [5.41, 5.74) is 0.556. The average molecular weight is 499 g/mol. The zero-order valence-corrected chi connectivity index (χ0v) is 22.7. The molecule has 0 aliphatic heterocycles. The highest BCUT2D eigenvalue weighted by Gasteiger charge is 2.32. The van der Waals surface area contributed by atoms with E-state index in [1.165, 1.54) is 51.4 Å². The minimum Gasteiger partial charge on any atom is -0.490 e. The molecule has 200 valence electrons. The first kappa shape index (κ1) is 27.4. The van der Waals surface area contributed by atoms with Gasteiger partial charge in [0.15, 0.2) is 11.6 Å². The van der Waals surface area contributed by atoms with Gasteiger partial charge in [-0.3, -0.25) is 0 Å². The second-order valence-corrected chi connectivity index (χ2v) is 11.8. The molecule has 4 rings (SSSR count). The Bertz CT molecular complexity index is 859. The first-order valence-electron chi connectivity index (χ1n) is 15.1. The van der Waals surface area contributed by atoms with Crippen molar-refractivity contribution in [1.29, 1.82) is 0 Å². The van der Waals surface area contributed by atoms with Crippen LogP contribution in [0.25, 0.3) is 0 Å². The van der Waals surface area contributed by atoms with Gasteiger partial charge in [0.1, 0.15) is 0 Å². The van der Waals surface area contributed by atoms with Crippen LogP contribution in [0.2, 0.25) is 0 Å². The Morgan fingerprint density at radius 2 is 1.50 bits per heavy atom. The van der Waals surface area contributed by atoms with Crippen molar-refractivity contribution in [2.24, 2.45) is 29.6 Å². The highest BCUT2D eigenvalue weighted by Crippen LogP contribution is 2.45. The fourth-order valence-corrected chi connectivity index (χ4v) is 6.98. The van der Waals surface area contributed by atoms with Crippen LogP contribution >= 0.6 is 0 Å². The standard InChI is InChI=1S/C33H48F2O/c1-3-5-23-36-31-22-21-30(32(34)33(31)35)29-19-17-28(18-20-29)27-15-13-26(14-16-27)12-11-25-9-7-24(6-4-2)8-10-25/h7,9,11-12,21-22,24-29H,3-6,8,10,13-20,23H2,1-2H3/b12-11+. The normalized spacial score (nSPS) is 31.1. The molecule has 36 heavy (non-hydrogen) atoms. The molecule has 0 saturated heterocycles. The van der Waals surface area contributed by atoms with E-state index in [2.05, 4.69) is 38.2 Å². The predicted molar refractivity (Wildman–Crippen MR) is 146 cm³/mol. The molecule has 0 aromatic heterocycles. The van der Waals surface area contributed by atoms with Crippen LogP contribution in [-0.4, -0.2) is 6.61 Å². The number of rotatable bonds is 10. The van der Waals surface area contributed by atoms with Crippen molar-refractivity contribution in [3.63, 3.8) is 0 Å². The summed E-state index contributed by atoms with van der Waals surface area (Å²) in [6.45, 7) is 4.78. The number of allylic oxidation sites excluding steroid dienone is 4. The zero-order valence-electron chi connectivity index (χ0n) is 22.7. The lowest BCUT2D eigenvalue weighted by Crippen LogP contribution is -2.25. The van der Waals surface area contributed by atoms with E-state index in [4.69, 9.17) is 4.74 Å². The summed E-state index contributed by atoms with van der Waals surface area (Å²) < 4.78 is 34.9. The van der Waals surface area contributed by atoms with Gasteiger partial charge in [0.2, 0.25) is 5.82 Å². The van der Waals surface area contributed by atoms with E-state index in [9.17, 15) is 8.78 Å². The predicted octanol–water partition coefficient (Wildman–Crippen LogP) is 10.2. The fraction of sp³-hybridized carbons (Fsp3) is 0.697. The number of halogens is 2. The first-order chi connectivity index (χ1) is 17.6. The third-order valence-electron chi connectivity index (χ3n) is 9.32. The van der Waals surface area contributed by atoms with Crippen molar-refractivity contribution in [1.82, 2.24) is 0 Å². The molecule has 2 fully saturated rings. The summed E-state index contributed by atoms with van der Waals surface area (Å²) in [5.74, 6) is 2.48. The number of hydrogen-bond acceptors (Lipinski definition) is 1. The lowest BCUT2D eigenvalue weighted by Gasteiger charge is -2.37. The Kier molecular flexibility index (Phi) is 10.5. The summed E-state index contributed by atoms with van der Waals surface area (Å²) in [6, 6.07) is 3.41. The van der Waals surface area contributed by atoms with Crippen molar-refractivity contribution >= 4 is 0 Å². The fourth-order valence-electron chi connectivity index (χ4n) is 6.98. The largest absolute Gasteiger partial charge is 0.490 e. The van der Waals surface area contributed by atoms with Crippen LogP contribution in [-0.2, 0) is 0 Å². The van der Waals surface area contributed by atoms with Crippen molar-refractivity contribution in [3.05, 3.63) is 53.6 Å². The van der Waals surface area contributed by atoms with E-state index in [1.54, 1.807) is 12.1 Å². The maximum absolute atomic E-state index is 14.8. The topological polar surface area (TPSA) is 9.23 Å². The molecule has 0 heterocycles. The van der Waals surface area contributed by atoms with Crippen molar-refractivity contribution in [3.8, 4) is 5.75 Å². The number of unbranched alkanes of at least 4 members (excludes halogenated alkanes) is 1. The molecule has 2 atom stereocenters. The van der Waals surface area contributed by atoms with Gasteiger partial charge in [-0.1, -0.05) is 57.1 Å². The molecule has 1 nitrogen and oxygen atoms in total. The second-order valence-electron chi connectivity index (χ2n) is 11.8. The summed E-state index contributed by atoms with van der Waals surface area (Å²) in [7, 11) is 0. The van der Waals surface area contributed by atoms with Gasteiger partial charge in [0.05, 0.1) is 6.61 Å². The third-order valence-corrected chi connectivity index (χ3v) is 9.32. The van der Waals surface area contributed by atoms with Gasteiger partial charge in [-0.15, -0.1) is 0 Å². The van der Waals surface area contributed by atoms with Crippen LogP contribution < -0.4 is 4.74 Å². The molecule has 0 N–H and O–H groups in total. The molecule has 1 aromatic rings. The maximum Gasteiger partial charge on any atom is 0.200 e. The van der Waals surface area contributed by atoms with E-state index >= 15 is 0 Å². The number of hydrogen-bond donors (Lipinski definition) is 0. The Hall–Kier alpha value is -1.64. The lowest BCUT2D eigenvalue weighted by molar-refractivity contribution is 0.170. The monoisotopic (exact) mass is 498 g/mol. The van der Waals surface area contributed by atoms with Crippen LogP contribution in [0, 0.1) is 41.2 Å². The van der Waals surface area contributed by atoms with E-state index in [-0.39, 0.29) is 11.7 Å². The minimum atomic E-state index is -0.804. The molecule has 0 amide bonds. The van der Waals surface area contributed by atoms with Gasteiger partial charge < -0.3 is 4.74 Å². The minimum absolute atomic E-state index is 0.0596. The van der Waals surface area contributed by atoms with Crippen LogP contribution in [0.15, 0.2) is 36.4 Å². The molecule has 0 radical (unpaired) electrons. The van der Waals surface area contributed by atoms with Crippen LogP contribution in [0.5, 0.6) is 5.75 Å². The number of benzene rings is 1. The first-order valence-corrected chi connectivity index (χ1v) is 15.1. The van der Waals surface area contributed by atoms with E-state index < -0.39 is 11.6 Å². The molecule has 1 aromatic carbocycles. The van der Waals surface area contributed by atoms with Gasteiger partial charge in [0.25, 0.3) is 0 Å². The molecular formula is C33H48F2O. The molecule has 0 bridgehead atoms. The Morgan fingerprint density at radius 3 is 2.14 bits per heavy atom. The average Bonchev–Trinajstić information content (AvgIpc) is 2.91.